The van der Waals surface area contributed by atoms with Crippen LogP contribution >= 0.6 is 0 Å². The lowest BCUT2D eigenvalue weighted by Gasteiger charge is -2.19. The Morgan fingerprint density at radius 3 is 2.74 bits per heavy atom. The molecule has 0 saturated carbocycles. The SMILES string of the molecule is Cc1ccc(C(C)NC(C)Cn2ncc3ccccc3c2=O)o1. The van der Waals surface area contributed by atoms with Gasteiger partial charge in [-0.1, -0.05) is 18.2 Å². The third-order valence-corrected chi connectivity index (χ3v) is 3.93. The van der Waals surface area contributed by atoms with E-state index in [4.69, 9.17) is 4.42 Å². The van der Waals surface area contributed by atoms with Gasteiger partial charge in [-0.05, 0) is 39.0 Å². The van der Waals surface area contributed by atoms with Crippen molar-refractivity contribution < 1.29 is 4.42 Å². The Bertz CT molecular complexity index is 866. The summed E-state index contributed by atoms with van der Waals surface area (Å²) in [6.45, 7) is 6.52. The molecule has 0 spiro atoms. The van der Waals surface area contributed by atoms with E-state index >= 15 is 0 Å². The predicted octanol–water partition coefficient (Wildman–Crippen LogP) is 3.04. The molecule has 2 atom stereocenters. The van der Waals surface area contributed by atoms with E-state index in [2.05, 4.69) is 10.4 Å². The fourth-order valence-electron chi connectivity index (χ4n) is 2.76. The number of nitrogens with one attached hydrogen (secondary N) is 1. The predicted molar refractivity (Wildman–Crippen MR) is 90.5 cm³/mol. The third kappa shape index (κ3) is 3.35. The lowest BCUT2D eigenvalue weighted by Crippen LogP contribution is -2.36. The number of fused-ring (bicyclic) bond motifs is 1. The minimum atomic E-state index is -0.0572. The maximum Gasteiger partial charge on any atom is 0.274 e. The van der Waals surface area contributed by atoms with Gasteiger partial charge >= 0.3 is 0 Å². The largest absolute Gasteiger partial charge is 0.465 e. The molecule has 1 aromatic carbocycles. The fraction of sp³-hybridized carbons (Fsp3) is 0.333. The summed E-state index contributed by atoms with van der Waals surface area (Å²) in [5.74, 6) is 1.79. The molecule has 0 aliphatic heterocycles. The minimum absolute atomic E-state index is 0.0572. The quantitative estimate of drug-likeness (QED) is 0.787. The van der Waals surface area contributed by atoms with Crippen molar-refractivity contribution in [1.29, 1.82) is 0 Å². The molecule has 0 saturated heterocycles. The Morgan fingerprint density at radius 2 is 2.00 bits per heavy atom. The van der Waals surface area contributed by atoms with Crippen LogP contribution in [-0.4, -0.2) is 15.8 Å². The molecule has 0 aliphatic carbocycles. The second-order valence-electron chi connectivity index (χ2n) is 5.96. The van der Waals surface area contributed by atoms with E-state index in [1.165, 1.54) is 4.68 Å². The summed E-state index contributed by atoms with van der Waals surface area (Å²) in [5.41, 5.74) is -0.0572. The van der Waals surface area contributed by atoms with Crippen LogP contribution in [0.3, 0.4) is 0 Å². The van der Waals surface area contributed by atoms with Gasteiger partial charge in [-0.3, -0.25) is 4.79 Å². The van der Waals surface area contributed by atoms with E-state index in [0.717, 1.165) is 16.9 Å². The van der Waals surface area contributed by atoms with E-state index in [1.54, 1.807) is 6.20 Å². The first-order chi connectivity index (χ1) is 11.0. The number of hydrogen-bond donors (Lipinski definition) is 1. The highest BCUT2D eigenvalue weighted by molar-refractivity contribution is 5.80. The molecule has 5 nitrogen and oxygen atoms in total. The molecule has 1 N–H and O–H groups in total. The van der Waals surface area contributed by atoms with Gasteiger partial charge in [0.15, 0.2) is 0 Å². The van der Waals surface area contributed by atoms with Crippen molar-refractivity contribution in [2.24, 2.45) is 0 Å². The van der Waals surface area contributed by atoms with Crippen LogP contribution in [0.4, 0.5) is 0 Å². The van der Waals surface area contributed by atoms with Crippen LogP contribution in [0.15, 0.2) is 51.8 Å². The molecule has 3 aromatic rings. The number of nitrogens with zero attached hydrogens (tertiary/aromatic N) is 2. The normalized spacial score (nSPS) is 14.0. The molecular weight excluding hydrogens is 290 g/mol. The molecule has 2 unspecified atom stereocenters. The third-order valence-electron chi connectivity index (χ3n) is 3.93. The Morgan fingerprint density at radius 1 is 1.22 bits per heavy atom. The smallest absolute Gasteiger partial charge is 0.274 e. The number of aryl methyl sites for hydroxylation is 1. The zero-order valence-corrected chi connectivity index (χ0v) is 13.6. The van der Waals surface area contributed by atoms with Crippen molar-refractivity contribution in [3.8, 4) is 0 Å². The molecule has 0 amide bonds. The van der Waals surface area contributed by atoms with Crippen molar-refractivity contribution in [2.75, 3.05) is 0 Å². The Kier molecular flexibility index (Phi) is 4.30. The molecule has 3 rings (SSSR count). The molecular formula is C18H21N3O2. The summed E-state index contributed by atoms with van der Waals surface area (Å²) in [5, 5.41) is 9.28. The van der Waals surface area contributed by atoms with Crippen molar-refractivity contribution in [3.05, 3.63) is 64.5 Å². The van der Waals surface area contributed by atoms with Crippen molar-refractivity contribution >= 4 is 10.8 Å². The summed E-state index contributed by atoms with van der Waals surface area (Å²) in [6, 6.07) is 11.6. The molecule has 0 fully saturated rings. The van der Waals surface area contributed by atoms with Gasteiger partial charge in [-0.15, -0.1) is 0 Å². The zero-order chi connectivity index (χ0) is 16.4. The van der Waals surface area contributed by atoms with Crippen LogP contribution in [0.25, 0.3) is 10.8 Å². The highest BCUT2D eigenvalue weighted by atomic mass is 16.3. The van der Waals surface area contributed by atoms with Crippen LogP contribution in [0, 0.1) is 6.92 Å². The van der Waals surface area contributed by atoms with E-state index in [1.807, 2.05) is 57.2 Å². The average Bonchev–Trinajstić information content (AvgIpc) is 2.97. The number of hydrogen-bond acceptors (Lipinski definition) is 4. The van der Waals surface area contributed by atoms with Crippen LogP contribution < -0.4 is 10.9 Å². The molecule has 0 aliphatic rings. The Hall–Kier alpha value is -2.40. The minimum Gasteiger partial charge on any atom is -0.465 e. The molecule has 2 heterocycles. The second kappa shape index (κ2) is 6.38. The van der Waals surface area contributed by atoms with Gasteiger partial charge in [-0.2, -0.15) is 5.10 Å². The van der Waals surface area contributed by atoms with Gasteiger partial charge in [0.05, 0.1) is 24.2 Å². The average molecular weight is 311 g/mol. The van der Waals surface area contributed by atoms with Crippen LogP contribution in [0.1, 0.15) is 31.4 Å². The van der Waals surface area contributed by atoms with E-state index in [9.17, 15) is 4.79 Å². The molecule has 0 bridgehead atoms. The Labute approximate surface area is 134 Å². The standard InChI is InChI=1S/C18H21N3O2/c1-12(20-14(3)17-9-8-13(2)23-17)11-21-18(22)16-7-5-4-6-15(16)10-19-21/h4-10,12,14,20H,11H2,1-3H3. The maximum absolute atomic E-state index is 12.5. The van der Waals surface area contributed by atoms with Crippen molar-refractivity contribution in [3.63, 3.8) is 0 Å². The first-order valence-corrected chi connectivity index (χ1v) is 7.82. The number of rotatable bonds is 5. The molecule has 5 heteroatoms. The van der Waals surface area contributed by atoms with Crippen LogP contribution in [0.2, 0.25) is 0 Å². The molecule has 23 heavy (non-hydrogen) atoms. The molecule has 0 radical (unpaired) electrons. The molecule has 2 aromatic heterocycles. The number of benzene rings is 1. The monoisotopic (exact) mass is 311 g/mol. The second-order valence-corrected chi connectivity index (χ2v) is 5.96. The van der Waals surface area contributed by atoms with Crippen molar-refractivity contribution in [1.82, 2.24) is 15.1 Å². The van der Waals surface area contributed by atoms with E-state index in [0.29, 0.717) is 11.9 Å². The zero-order valence-electron chi connectivity index (χ0n) is 13.6. The van der Waals surface area contributed by atoms with Crippen LogP contribution in [0.5, 0.6) is 0 Å². The number of furan rings is 1. The summed E-state index contributed by atoms with van der Waals surface area (Å²) in [7, 11) is 0. The van der Waals surface area contributed by atoms with Gasteiger partial charge in [0.1, 0.15) is 11.5 Å². The first kappa shape index (κ1) is 15.5. The summed E-state index contributed by atoms with van der Waals surface area (Å²) in [6.07, 6.45) is 1.74. The van der Waals surface area contributed by atoms with Gasteiger partial charge in [0.25, 0.3) is 5.56 Å². The number of aromatic nitrogens is 2. The summed E-state index contributed by atoms with van der Waals surface area (Å²) in [4.78, 5) is 12.5. The van der Waals surface area contributed by atoms with Gasteiger partial charge in [0.2, 0.25) is 0 Å². The van der Waals surface area contributed by atoms with Crippen molar-refractivity contribution in [2.45, 2.75) is 39.4 Å². The first-order valence-electron chi connectivity index (χ1n) is 7.82. The fourth-order valence-corrected chi connectivity index (χ4v) is 2.76. The topological polar surface area (TPSA) is 60.1 Å². The highest BCUT2D eigenvalue weighted by Crippen LogP contribution is 2.16. The van der Waals surface area contributed by atoms with E-state index in [-0.39, 0.29) is 17.6 Å². The highest BCUT2D eigenvalue weighted by Gasteiger charge is 2.14. The van der Waals surface area contributed by atoms with Gasteiger partial charge in [-0.25, -0.2) is 4.68 Å². The van der Waals surface area contributed by atoms with Gasteiger partial charge < -0.3 is 9.73 Å². The molecule has 120 valence electrons. The van der Waals surface area contributed by atoms with Gasteiger partial charge in [0, 0.05) is 11.4 Å². The maximum atomic E-state index is 12.5. The van der Waals surface area contributed by atoms with Crippen LogP contribution in [-0.2, 0) is 6.54 Å². The summed E-state index contributed by atoms with van der Waals surface area (Å²) < 4.78 is 7.15. The lowest BCUT2D eigenvalue weighted by molar-refractivity contribution is 0.359. The summed E-state index contributed by atoms with van der Waals surface area (Å²) >= 11 is 0. The lowest BCUT2D eigenvalue weighted by atomic mass is 10.2. The Balaban J connectivity index is 1.74. The van der Waals surface area contributed by atoms with E-state index < -0.39 is 0 Å².